The summed E-state index contributed by atoms with van der Waals surface area (Å²) in [5.74, 6) is 1.64. The number of amides is 1. The van der Waals surface area contributed by atoms with Gasteiger partial charge in [0.05, 0.1) is 27.3 Å². The van der Waals surface area contributed by atoms with Gasteiger partial charge in [-0.05, 0) is 30.5 Å². The summed E-state index contributed by atoms with van der Waals surface area (Å²) in [6.07, 6.45) is 2.16. The lowest BCUT2D eigenvalue weighted by Gasteiger charge is -2.15. The highest BCUT2D eigenvalue weighted by molar-refractivity contribution is 14.0. The lowest BCUT2D eigenvalue weighted by Crippen LogP contribution is -2.41. The second kappa shape index (κ2) is 10.2. The predicted molar refractivity (Wildman–Crippen MR) is 104 cm³/mol. The van der Waals surface area contributed by atoms with Gasteiger partial charge in [-0.2, -0.15) is 0 Å². The first kappa shape index (κ1) is 20.3. The summed E-state index contributed by atoms with van der Waals surface area (Å²) in [6, 6.07) is 5.57. The molecule has 1 aromatic rings. The summed E-state index contributed by atoms with van der Waals surface area (Å²) in [5, 5.41) is 2.86. The van der Waals surface area contributed by atoms with Crippen molar-refractivity contribution < 1.29 is 14.3 Å². The van der Waals surface area contributed by atoms with Gasteiger partial charge < -0.3 is 25.4 Å². The Balaban J connectivity index is 0.00000288. The quantitative estimate of drug-likeness (QED) is 0.390. The third-order valence-electron chi connectivity index (χ3n) is 3.76. The maximum Gasteiger partial charge on any atom is 0.241 e. The fraction of sp³-hybridized carbons (Fsp3) is 0.500. The number of carbonyl (C=O) groups is 1. The lowest BCUT2D eigenvalue weighted by atomic mass is 10.2. The third kappa shape index (κ3) is 5.73. The Hall–Kier alpha value is -1.71. The monoisotopic (exact) mass is 448 g/mol. The molecule has 2 rings (SSSR count). The van der Waals surface area contributed by atoms with Gasteiger partial charge in [0, 0.05) is 13.1 Å². The lowest BCUT2D eigenvalue weighted by molar-refractivity contribution is -0.128. The van der Waals surface area contributed by atoms with Crippen molar-refractivity contribution in [3.8, 4) is 11.5 Å². The molecule has 0 bridgehead atoms. The summed E-state index contributed by atoms with van der Waals surface area (Å²) < 4.78 is 10.4. The first-order valence-corrected chi connectivity index (χ1v) is 7.66. The highest BCUT2D eigenvalue weighted by Gasteiger charge is 2.17. The average Bonchev–Trinajstić information content (AvgIpc) is 3.12. The molecule has 1 fully saturated rings. The predicted octanol–water partition coefficient (Wildman–Crippen LogP) is 1.35. The van der Waals surface area contributed by atoms with Gasteiger partial charge >= 0.3 is 0 Å². The molecule has 0 atom stereocenters. The van der Waals surface area contributed by atoms with Gasteiger partial charge in [-0.1, -0.05) is 6.07 Å². The molecule has 0 radical (unpaired) electrons. The molecular weight excluding hydrogens is 423 g/mol. The average molecular weight is 448 g/mol. The Kier molecular flexibility index (Phi) is 8.66. The van der Waals surface area contributed by atoms with Crippen LogP contribution in [0.15, 0.2) is 23.2 Å². The Morgan fingerprint density at radius 3 is 2.54 bits per heavy atom. The van der Waals surface area contributed by atoms with Crippen molar-refractivity contribution in [2.45, 2.75) is 19.4 Å². The minimum absolute atomic E-state index is 0. The van der Waals surface area contributed by atoms with E-state index in [9.17, 15) is 4.79 Å². The van der Waals surface area contributed by atoms with Crippen molar-refractivity contribution in [3.05, 3.63) is 23.8 Å². The Bertz CT molecular complexity index is 574. The van der Waals surface area contributed by atoms with Gasteiger partial charge in [-0.25, -0.2) is 4.99 Å². The number of hydrogen-bond acceptors (Lipinski definition) is 4. The van der Waals surface area contributed by atoms with E-state index in [2.05, 4.69) is 10.3 Å². The van der Waals surface area contributed by atoms with Gasteiger partial charge in [-0.15, -0.1) is 24.0 Å². The van der Waals surface area contributed by atoms with Gasteiger partial charge in [0.25, 0.3) is 0 Å². The number of guanidine groups is 1. The van der Waals surface area contributed by atoms with Gasteiger partial charge in [0.15, 0.2) is 17.5 Å². The van der Waals surface area contributed by atoms with E-state index >= 15 is 0 Å². The zero-order valence-electron chi connectivity index (χ0n) is 14.1. The topological polar surface area (TPSA) is 89.2 Å². The number of hydrogen-bond donors (Lipinski definition) is 2. The molecule has 3 N–H and O–H groups in total. The van der Waals surface area contributed by atoms with Crippen molar-refractivity contribution in [2.75, 3.05) is 33.9 Å². The van der Waals surface area contributed by atoms with Crippen molar-refractivity contribution in [1.29, 1.82) is 0 Å². The van der Waals surface area contributed by atoms with Gasteiger partial charge in [0.1, 0.15) is 0 Å². The largest absolute Gasteiger partial charge is 0.493 e. The SMILES string of the molecule is COc1ccc(CN=C(N)NCC(=O)N2CCCC2)cc1OC.I. The maximum atomic E-state index is 11.9. The molecule has 1 amide bonds. The second-order valence-corrected chi connectivity index (χ2v) is 5.33. The normalized spacial score (nSPS) is 14.1. The fourth-order valence-electron chi connectivity index (χ4n) is 2.46. The molecule has 1 aromatic carbocycles. The summed E-state index contributed by atoms with van der Waals surface area (Å²) >= 11 is 0. The van der Waals surface area contributed by atoms with E-state index in [0.717, 1.165) is 31.5 Å². The number of aliphatic imine (C=N–C) groups is 1. The van der Waals surface area contributed by atoms with Crippen LogP contribution in [0.4, 0.5) is 0 Å². The molecule has 0 saturated carbocycles. The second-order valence-electron chi connectivity index (χ2n) is 5.33. The summed E-state index contributed by atoms with van der Waals surface area (Å²) in [4.78, 5) is 18.0. The van der Waals surface area contributed by atoms with Crippen molar-refractivity contribution in [3.63, 3.8) is 0 Å². The minimum Gasteiger partial charge on any atom is -0.493 e. The molecule has 0 aromatic heterocycles. The fourth-order valence-corrected chi connectivity index (χ4v) is 2.46. The third-order valence-corrected chi connectivity index (χ3v) is 3.76. The first-order valence-electron chi connectivity index (χ1n) is 7.66. The first-order chi connectivity index (χ1) is 11.1. The van der Waals surface area contributed by atoms with Crippen LogP contribution in [0.3, 0.4) is 0 Å². The van der Waals surface area contributed by atoms with Crippen molar-refractivity contribution >= 4 is 35.8 Å². The molecule has 1 aliphatic rings. The van der Waals surface area contributed by atoms with Crippen LogP contribution in [0.25, 0.3) is 0 Å². The van der Waals surface area contributed by atoms with Crippen LogP contribution < -0.4 is 20.5 Å². The van der Waals surface area contributed by atoms with E-state index < -0.39 is 0 Å². The molecule has 8 heteroatoms. The highest BCUT2D eigenvalue weighted by atomic mass is 127. The molecule has 1 heterocycles. The maximum absolute atomic E-state index is 11.9. The molecule has 24 heavy (non-hydrogen) atoms. The van der Waals surface area contributed by atoms with E-state index in [1.54, 1.807) is 14.2 Å². The zero-order chi connectivity index (χ0) is 16.7. The number of rotatable bonds is 6. The standard InChI is InChI=1S/C16H24N4O3.HI/c1-22-13-6-5-12(9-14(13)23-2)10-18-16(17)19-11-15(21)20-7-3-4-8-20;/h5-6,9H,3-4,7-8,10-11H2,1-2H3,(H3,17,18,19);1H. The zero-order valence-corrected chi connectivity index (χ0v) is 16.4. The number of halogens is 1. The van der Waals surface area contributed by atoms with Crippen LogP contribution in [0, 0.1) is 0 Å². The number of benzene rings is 1. The smallest absolute Gasteiger partial charge is 0.241 e. The molecule has 0 spiro atoms. The number of ether oxygens (including phenoxy) is 2. The highest BCUT2D eigenvalue weighted by Crippen LogP contribution is 2.27. The van der Waals surface area contributed by atoms with Crippen LogP contribution in [0.1, 0.15) is 18.4 Å². The molecule has 1 aliphatic heterocycles. The van der Waals surface area contributed by atoms with Gasteiger partial charge in [0.2, 0.25) is 5.91 Å². The summed E-state index contributed by atoms with van der Waals surface area (Å²) in [7, 11) is 3.18. The van der Waals surface area contributed by atoms with Crippen LogP contribution in [-0.4, -0.2) is 50.6 Å². The summed E-state index contributed by atoms with van der Waals surface area (Å²) in [5.41, 5.74) is 6.75. The molecular formula is C16H25IN4O3. The van der Waals surface area contributed by atoms with Crippen LogP contribution in [-0.2, 0) is 11.3 Å². The van der Waals surface area contributed by atoms with E-state index in [1.165, 1.54) is 0 Å². The van der Waals surface area contributed by atoms with E-state index in [0.29, 0.717) is 18.0 Å². The van der Waals surface area contributed by atoms with E-state index in [-0.39, 0.29) is 42.4 Å². The number of nitrogens with zero attached hydrogens (tertiary/aromatic N) is 2. The van der Waals surface area contributed by atoms with Crippen LogP contribution in [0.2, 0.25) is 0 Å². The van der Waals surface area contributed by atoms with E-state index in [4.69, 9.17) is 15.2 Å². The number of nitrogens with two attached hydrogens (primary N) is 1. The molecule has 1 saturated heterocycles. The molecule has 7 nitrogen and oxygen atoms in total. The van der Waals surface area contributed by atoms with Crippen molar-refractivity contribution in [2.24, 2.45) is 10.7 Å². The van der Waals surface area contributed by atoms with Crippen molar-refractivity contribution in [1.82, 2.24) is 10.2 Å². The Morgan fingerprint density at radius 2 is 1.92 bits per heavy atom. The minimum atomic E-state index is 0. The van der Waals surface area contributed by atoms with E-state index in [1.807, 2.05) is 23.1 Å². The Labute approximate surface area is 159 Å². The van der Waals surface area contributed by atoms with Crippen LogP contribution in [0.5, 0.6) is 11.5 Å². The number of likely N-dealkylation sites (tertiary alicyclic amines) is 1. The number of methoxy groups -OCH3 is 2. The molecule has 134 valence electrons. The van der Waals surface area contributed by atoms with Crippen LogP contribution >= 0.6 is 24.0 Å². The number of nitrogens with one attached hydrogen (secondary N) is 1. The number of carbonyl (C=O) groups excluding carboxylic acids is 1. The molecule has 0 aliphatic carbocycles. The van der Waals surface area contributed by atoms with Gasteiger partial charge in [-0.3, -0.25) is 4.79 Å². The summed E-state index contributed by atoms with van der Waals surface area (Å²) in [6.45, 7) is 2.25. The Morgan fingerprint density at radius 1 is 1.25 bits per heavy atom. The molecule has 0 unspecified atom stereocenters.